The Kier molecular flexibility index (Phi) is 2.66. The molecule has 1 aliphatic carbocycles. The summed E-state index contributed by atoms with van der Waals surface area (Å²) in [4.78, 5) is 18.9. The van der Waals surface area contributed by atoms with Gasteiger partial charge in [-0.3, -0.25) is 9.20 Å². The molecule has 19 heavy (non-hydrogen) atoms. The van der Waals surface area contributed by atoms with Gasteiger partial charge < -0.3 is 4.98 Å². The standard InChI is InChI=1S/C13H8ClN3O.ClH/c14-8-1-2-9-7(5-8)6-10-11(9)16-13(18)12-15-3-4-17(10)12;/h1-5H,6H2,(H,16,18);1H. The van der Waals surface area contributed by atoms with E-state index >= 15 is 0 Å². The first-order valence-corrected chi connectivity index (χ1v) is 5.99. The number of aromatic nitrogens is 3. The number of H-pyrrole nitrogens is 1. The normalized spacial score (nSPS) is 12.1. The molecule has 0 amide bonds. The molecule has 0 atom stereocenters. The average molecular weight is 294 g/mol. The van der Waals surface area contributed by atoms with Gasteiger partial charge in [0.1, 0.15) is 0 Å². The van der Waals surface area contributed by atoms with Gasteiger partial charge in [-0.25, -0.2) is 4.98 Å². The number of fused-ring (bicyclic) bond motifs is 5. The fourth-order valence-corrected chi connectivity index (χ4v) is 2.78. The van der Waals surface area contributed by atoms with Crippen LogP contribution in [0.4, 0.5) is 0 Å². The zero-order chi connectivity index (χ0) is 12.3. The Hall–Kier alpha value is -1.78. The molecule has 4 nitrogen and oxygen atoms in total. The Morgan fingerprint density at radius 3 is 3.05 bits per heavy atom. The van der Waals surface area contributed by atoms with E-state index in [1.54, 1.807) is 6.20 Å². The first-order chi connectivity index (χ1) is 8.74. The predicted molar refractivity (Wildman–Crippen MR) is 76.3 cm³/mol. The number of halogens is 2. The summed E-state index contributed by atoms with van der Waals surface area (Å²) in [5.41, 5.74) is 4.38. The van der Waals surface area contributed by atoms with Crippen LogP contribution in [-0.4, -0.2) is 14.4 Å². The molecule has 0 bridgehead atoms. The Bertz CT molecular complexity index is 851. The Balaban J connectivity index is 0.00000110. The molecule has 1 N–H and O–H groups in total. The predicted octanol–water partition coefficient (Wildman–Crippen LogP) is 2.67. The Labute approximate surface area is 119 Å². The van der Waals surface area contributed by atoms with Crippen molar-refractivity contribution in [2.24, 2.45) is 0 Å². The molecule has 1 aromatic carbocycles. The number of benzene rings is 1. The van der Waals surface area contributed by atoms with E-state index in [2.05, 4.69) is 9.97 Å². The number of hydrogen-bond donors (Lipinski definition) is 1. The molecule has 0 aliphatic heterocycles. The molecule has 0 unspecified atom stereocenters. The van der Waals surface area contributed by atoms with Gasteiger partial charge in [-0.15, -0.1) is 12.4 Å². The van der Waals surface area contributed by atoms with Gasteiger partial charge in [0.05, 0.1) is 11.4 Å². The highest BCUT2D eigenvalue weighted by Crippen LogP contribution is 2.35. The summed E-state index contributed by atoms with van der Waals surface area (Å²) in [5, 5.41) is 0.714. The van der Waals surface area contributed by atoms with E-state index in [1.807, 2.05) is 28.8 Å². The van der Waals surface area contributed by atoms with Crippen LogP contribution in [0, 0.1) is 0 Å². The number of nitrogens with one attached hydrogen (secondary N) is 1. The third-order valence-electron chi connectivity index (χ3n) is 3.36. The quantitative estimate of drug-likeness (QED) is 0.542. The molecule has 0 spiro atoms. The Morgan fingerprint density at radius 2 is 2.21 bits per heavy atom. The van der Waals surface area contributed by atoms with E-state index in [-0.39, 0.29) is 18.0 Å². The molecule has 2 heterocycles. The maximum absolute atomic E-state index is 11.9. The van der Waals surface area contributed by atoms with Crippen molar-refractivity contribution in [2.45, 2.75) is 6.42 Å². The molecule has 0 radical (unpaired) electrons. The van der Waals surface area contributed by atoms with E-state index in [0.29, 0.717) is 10.7 Å². The van der Waals surface area contributed by atoms with Gasteiger partial charge in [0, 0.05) is 29.4 Å². The van der Waals surface area contributed by atoms with Crippen molar-refractivity contribution in [1.29, 1.82) is 0 Å². The second-order valence-electron chi connectivity index (χ2n) is 4.37. The number of imidazole rings is 1. The minimum Gasteiger partial charge on any atom is -0.317 e. The molecule has 96 valence electrons. The SMILES string of the molecule is Cl.O=c1[nH]c2c(n3ccnc13)Cc1cc(Cl)ccc1-2. The molecular formula is C13H9Cl2N3O. The van der Waals surface area contributed by atoms with Crippen LogP contribution in [0.1, 0.15) is 11.3 Å². The summed E-state index contributed by atoms with van der Waals surface area (Å²) in [6.45, 7) is 0. The number of aromatic amines is 1. The Morgan fingerprint density at radius 1 is 1.37 bits per heavy atom. The zero-order valence-electron chi connectivity index (χ0n) is 9.68. The molecule has 6 heteroatoms. The zero-order valence-corrected chi connectivity index (χ0v) is 11.3. The highest BCUT2D eigenvalue weighted by molar-refractivity contribution is 6.30. The van der Waals surface area contributed by atoms with Gasteiger partial charge >= 0.3 is 0 Å². The first kappa shape index (κ1) is 12.3. The van der Waals surface area contributed by atoms with Crippen molar-refractivity contribution >= 4 is 29.7 Å². The topological polar surface area (TPSA) is 50.2 Å². The van der Waals surface area contributed by atoms with Gasteiger partial charge in [-0.2, -0.15) is 0 Å². The van der Waals surface area contributed by atoms with Crippen LogP contribution < -0.4 is 5.56 Å². The highest BCUT2D eigenvalue weighted by Gasteiger charge is 2.23. The summed E-state index contributed by atoms with van der Waals surface area (Å²) < 4.78 is 1.85. The van der Waals surface area contributed by atoms with Crippen molar-refractivity contribution in [3.05, 3.63) is 57.2 Å². The number of nitrogens with zero attached hydrogens (tertiary/aromatic N) is 2. The first-order valence-electron chi connectivity index (χ1n) is 5.61. The van der Waals surface area contributed by atoms with E-state index < -0.39 is 0 Å². The van der Waals surface area contributed by atoms with Gasteiger partial charge in [-0.1, -0.05) is 17.7 Å². The van der Waals surface area contributed by atoms with Crippen LogP contribution >= 0.6 is 24.0 Å². The van der Waals surface area contributed by atoms with Crippen LogP contribution in [0.5, 0.6) is 0 Å². The van der Waals surface area contributed by atoms with Crippen LogP contribution in [0.2, 0.25) is 5.02 Å². The number of rotatable bonds is 0. The minimum atomic E-state index is -0.165. The van der Waals surface area contributed by atoms with Crippen molar-refractivity contribution in [3.63, 3.8) is 0 Å². The average Bonchev–Trinajstić information content (AvgIpc) is 2.93. The van der Waals surface area contributed by atoms with E-state index in [0.717, 1.165) is 28.9 Å². The summed E-state index contributed by atoms with van der Waals surface area (Å²) in [5.74, 6) is 0. The minimum absolute atomic E-state index is 0. The third kappa shape index (κ3) is 1.60. The lowest BCUT2D eigenvalue weighted by Crippen LogP contribution is -2.13. The van der Waals surface area contributed by atoms with Gasteiger partial charge in [0.15, 0.2) is 0 Å². The van der Waals surface area contributed by atoms with Crippen LogP contribution in [0.3, 0.4) is 0 Å². The molecule has 0 saturated carbocycles. The lowest BCUT2D eigenvalue weighted by atomic mass is 10.1. The fraction of sp³-hybridized carbons (Fsp3) is 0.0769. The number of hydrogen-bond acceptors (Lipinski definition) is 2. The third-order valence-corrected chi connectivity index (χ3v) is 3.59. The van der Waals surface area contributed by atoms with Gasteiger partial charge in [0.25, 0.3) is 5.56 Å². The summed E-state index contributed by atoms with van der Waals surface area (Å²) in [7, 11) is 0. The molecular weight excluding hydrogens is 285 g/mol. The van der Waals surface area contributed by atoms with Crippen LogP contribution in [0.15, 0.2) is 35.4 Å². The van der Waals surface area contributed by atoms with Crippen molar-refractivity contribution in [1.82, 2.24) is 14.4 Å². The fourth-order valence-electron chi connectivity index (χ4n) is 2.58. The van der Waals surface area contributed by atoms with Crippen molar-refractivity contribution in [3.8, 4) is 11.3 Å². The lowest BCUT2D eigenvalue weighted by molar-refractivity contribution is 1.00. The summed E-state index contributed by atoms with van der Waals surface area (Å²) in [6, 6.07) is 5.73. The second kappa shape index (κ2) is 4.11. The van der Waals surface area contributed by atoms with Gasteiger partial charge in [-0.05, 0) is 17.7 Å². The smallest absolute Gasteiger partial charge is 0.292 e. The van der Waals surface area contributed by atoms with Gasteiger partial charge in [0.2, 0.25) is 5.65 Å². The largest absolute Gasteiger partial charge is 0.317 e. The van der Waals surface area contributed by atoms with Crippen molar-refractivity contribution in [2.75, 3.05) is 0 Å². The van der Waals surface area contributed by atoms with E-state index in [9.17, 15) is 4.79 Å². The maximum Gasteiger partial charge on any atom is 0.292 e. The maximum atomic E-state index is 11.9. The monoisotopic (exact) mass is 293 g/mol. The molecule has 4 rings (SSSR count). The highest BCUT2D eigenvalue weighted by atomic mass is 35.5. The molecule has 0 saturated heterocycles. The lowest BCUT2D eigenvalue weighted by Gasteiger charge is -2.03. The molecule has 3 aromatic rings. The molecule has 2 aromatic heterocycles. The molecule has 1 aliphatic rings. The molecule has 0 fully saturated rings. The van der Waals surface area contributed by atoms with E-state index in [1.165, 1.54) is 0 Å². The summed E-state index contributed by atoms with van der Waals surface area (Å²) >= 11 is 6.00. The van der Waals surface area contributed by atoms with Crippen LogP contribution in [0.25, 0.3) is 16.9 Å². The second-order valence-corrected chi connectivity index (χ2v) is 4.81. The summed E-state index contributed by atoms with van der Waals surface area (Å²) in [6.07, 6.45) is 4.21. The van der Waals surface area contributed by atoms with E-state index in [4.69, 9.17) is 11.6 Å². The van der Waals surface area contributed by atoms with Crippen LogP contribution in [-0.2, 0) is 6.42 Å². The van der Waals surface area contributed by atoms with Crippen molar-refractivity contribution < 1.29 is 0 Å².